The van der Waals surface area contributed by atoms with Gasteiger partial charge in [-0.15, -0.1) is 0 Å². The maximum atomic E-state index is 13.5. The molecule has 1 aromatic carbocycles. The molecule has 0 unspecified atom stereocenters. The van der Waals surface area contributed by atoms with Crippen molar-refractivity contribution >= 4 is 5.82 Å². The van der Waals surface area contributed by atoms with Crippen molar-refractivity contribution in [2.75, 3.05) is 5.73 Å². The molecule has 2 rings (SSSR count). The lowest BCUT2D eigenvalue weighted by Crippen LogP contribution is -2.03. The van der Waals surface area contributed by atoms with Gasteiger partial charge in [0.25, 0.3) is 0 Å². The Balaban J connectivity index is 2.16. The van der Waals surface area contributed by atoms with Gasteiger partial charge in [-0.1, -0.05) is 0 Å². The van der Waals surface area contributed by atoms with Crippen LogP contribution in [0.1, 0.15) is 16.8 Å². The van der Waals surface area contributed by atoms with Crippen molar-refractivity contribution < 1.29 is 9.13 Å². The molecule has 0 spiro atoms. The Bertz CT molecular complexity index is 650. The van der Waals surface area contributed by atoms with Crippen LogP contribution < -0.4 is 10.5 Å². The predicted octanol–water partition coefficient (Wildman–Crippen LogP) is 2.56. The molecule has 4 nitrogen and oxygen atoms in total. The molecule has 0 bridgehead atoms. The summed E-state index contributed by atoms with van der Waals surface area (Å²) in [6.45, 7) is 1.81. The summed E-state index contributed by atoms with van der Waals surface area (Å²) in [5.41, 5.74) is 7.17. The summed E-state index contributed by atoms with van der Waals surface area (Å²) in [5.74, 6) is 0.238. The highest BCUT2D eigenvalue weighted by Crippen LogP contribution is 2.21. The number of hydrogen-bond acceptors (Lipinski definition) is 4. The number of nitrogen functional groups attached to an aromatic ring is 1. The SMILES string of the molecule is Cc1ccc(OCc2cc(C#N)ccc2F)c(N)n1. The molecule has 0 aliphatic heterocycles. The summed E-state index contributed by atoms with van der Waals surface area (Å²) in [6, 6.07) is 9.51. The first-order valence-electron chi connectivity index (χ1n) is 5.64. The second-order valence-electron chi connectivity index (χ2n) is 4.04. The van der Waals surface area contributed by atoms with Crippen molar-refractivity contribution in [3.8, 4) is 11.8 Å². The molecule has 0 atom stereocenters. The first-order valence-corrected chi connectivity index (χ1v) is 5.64. The first kappa shape index (κ1) is 12.8. The van der Waals surface area contributed by atoms with Crippen LogP contribution in [-0.4, -0.2) is 4.98 Å². The Kier molecular flexibility index (Phi) is 3.62. The average molecular weight is 257 g/mol. The molecular formula is C14H12FN3O. The summed E-state index contributed by atoms with van der Waals surface area (Å²) in [4.78, 5) is 4.05. The normalized spacial score (nSPS) is 9.95. The molecule has 2 aromatic rings. The molecular weight excluding hydrogens is 245 g/mol. The molecule has 0 radical (unpaired) electrons. The van der Waals surface area contributed by atoms with Crippen LogP contribution in [0.15, 0.2) is 30.3 Å². The maximum Gasteiger partial charge on any atom is 0.166 e. The third-order valence-corrected chi connectivity index (χ3v) is 2.58. The second-order valence-corrected chi connectivity index (χ2v) is 4.04. The molecule has 1 aromatic heterocycles. The van der Waals surface area contributed by atoms with Crippen molar-refractivity contribution in [1.82, 2.24) is 4.98 Å². The Morgan fingerprint density at radius 1 is 1.37 bits per heavy atom. The number of pyridine rings is 1. The largest absolute Gasteiger partial charge is 0.485 e. The lowest BCUT2D eigenvalue weighted by atomic mass is 10.1. The first-order chi connectivity index (χ1) is 9.10. The summed E-state index contributed by atoms with van der Waals surface area (Å²) in [5, 5.41) is 8.77. The van der Waals surface area contributed by atoms with Crippen LogP contribution in [0, 0.1) is 24.1 Å². The summed E-state index contributed by atoms with van der Waals surface area (Å²) < 4.78 is 19.0. The Morgan fingerprint density at radius 2 is 2.16 bits per heavy atom. The summed E-state index contributed by atoms with van der Waals surface area (Å²) >= 11 is 0. The molecule has 0 aliphatic rings. The number of aromatic nitrogens is 1. The van der Waals surface area contributed by atoms with Gasteiger partial charge in [0.1, 0.15) is 12.4 Å². The van der Waals surface area contributed by atoms with Crippen LogP contribution in [0.3, 0.4) is 0 Å². The van der Waals surface area contributed by atoms with E-state index in [1.807, 2.05) is 13.0 Å². The number of nitriles is 1. The van der Waals surface area contributed by atoms with E-state index in [0.29, 0.717) is 16.9 Å². The Morgan fingerprint density at radius 3 is 2.84 bits per heavy atom. The van der Waals surface area contributed by atoms with E-state index in [9.17, 15) is 4.39 Å². The fraction of sp³-hybridized carbons (Fsp3) is 0.143. The number of nitrogens with zero attached hydrogens (tertiary/aromatic N) is 2. The molecule has 0 saturated carbocycles. The highest BCUT2D eigenvalue weighted by atomic mass is 19.1. The molecule has 0 fully saturated rings. The van der Waals surface area contributed by atoms with E-state index < -0.39 is 5.82 Å². The highest BCUT2D eigenvalue weighted by Gasteiger charge is 2.07. The zero-order chi connectivity index (χ0) is 13.8. The van der Waals surface area contributed by atoms with Crippen LogP contribution in [-0.2, 0) is 6.61 Å². The van der Waals surface area contributed by atoms with Gasteiger partial charge in [-0.25, -0.2) is 9.37 Å². The number of benzene rings is 1. The van der Waals surface area contributed by atoms with Crippen molar-refractivity contribution in [3.63, 3.8) is 0 Å². The number of nitrogens with two attached hydrogens (primary N) is 1. The molecule has 0 saturated heterocycles. The second kappa shape index (κ2) is 5.36. The van der Waals surface area contributed by atoms with Crippen LogP contribution >= 0.6 is 0 Å². The Hall–Kier alpha value is -2.61. The number of aryl methyl sites for hydroxylation is 1. The van der Waals surface area contributed by atoms with Crippen LogP contribution in [0.25, 0.3) is 0 Å². The van der Waals surface area contributed by atoms with E-state index >= 15 is 0 Å². The van der Waals surface area contributed by atoms with E-state index in [0.717, 1.165) is 5.69 Å². The third-order valence-electron chi connectivity index (χ3n) is 2.58. The fourth-order valence-electron chi connectivity index (χ4n) is 1.60. The van der Waals surface area contributed by atoms with Gasteiger partial charge in [-0.2, -0.15) is 5.26 Å². The maximum absolute atomic E-state index is 13.5. The smallest absolute Gasteiger partial charge is 0.166 e. The Labute approximate surface area is 110 Å². The lowest BCUT2D eigenvalue weighted by molar-refractivity contribution is 0.300. The molecule has 0 aliphatic carbocycles. The summed E-state index contributed by atoms with van der Waals surface area (Å²) in [7, 11) is 0. The van der Waals surface area contributed by atoms with Crippen LogP contribution in [0.5, 0.6) is 5.75 Å². The van der Waals surface area contributed by atoms with E-state index in [-0.39, 0.29) is 12.4 Å². The number of halogens is 1. The standard InChI is InChI=1S/C14H12FN3O/c1-9-2-5-13(14(17)18-9)19-8-11-6-10(7-16)3-4-12(11)15/h2-6H,8H2,1H3,(H2,17,18). The van der Waals surface area contributed by atoms with Crippen molar-refractivity contribution in [1.29, 1.82) is 5.26 Å². The van der Waals surface area contributed by atoms with Crippen molar-refractivity contribution in [2.45, 2.75) is 13.5 Å². The minimum atomic E-state index is -0.419. The molecule has 96 valence electrons. The number of hydrogen-bond donors (Lipinski definition) is 1. The van der Waals surface area contributed by atoms with E-state index in [1.54, 1.807) is 12.1 Å². The van der Waals surface area contributed by atoms with Gasteiger partial charge in [-0.3, -0.25) is 0 Å². The van der Waals surface area contributed by atoms with Crippen LogP contribution in [0.4, 0.5) is 10.2 Å². The van der Waals surface area contributed by atoms with Gasteiger partial charge in [0.05, 0.1) is 11.6 Å². The third kappa shape index (κ3) is 2.99. The quantitative estimate of drug-likeness (QED) is 0.917. The van der Waals surface area contributed by atoms with Gasteiger partial charge < -0.3 is 10.5 Å². The van der Waals surface area contributed by atoms with Gasteiger partial charge in [0.2, 0.25) is 0 Å². The van der Waals surface area contributed by atoms with Crippen molar-refractivity contribution in [3.05, 3.63) is 53.0 Å². The van der Waals surface area contributed by atoms with E-state index in [2.05, 4.69) is 4.98 Å². The molecule has 0 amide bonds. The molecule has 19 heavy (non-hydrogen) atoms. The number of rotatable bonds is 3. The van der Waals surface area contributed by atoms with Gasteiger partial charge in [-0.05, 0) is 37.3 Å². The van der Waals surface area contributed by atoms with E-state index in [1.165, 1.54) is 18.2 Å². The average Bonchev–Trinajstić information content (AvgIpc) is 2.39. The number of anilines is 1. The monoisotopic (exact) mass is 257 g/mol. The lowest BCUT2D eigenvalue weighted by Gasteiger charge is -2.09. The van der Waals surface area contributed by atoms with Gasteiger partial charge >= 0.3 is 0 Å². The van der Waals surface area contributed by atoms with Gasteiger partial charge in [0.15, 0.2) is 11.6 Å². The summed E-state index contributed by atoms with van der Waals surface area (Å²) in [6.07, 6.45) is 0. The zero-order valence-electron chi connectivity index (χ0n) is 10.4. The minimum absolute atomic E-state index is 0.00368. The van der Waals surface area contributed by atoms with Gasteiger partial charge in [0, 0.05) is 11.3 Å². The number of ether oxygens (including phenoxy) is 1. The minimum Gasteiger partial charge on any atom is -0.485 e. The van der Waals surface area contributed by atoms with E-state index in [4.69, 9.17) is 15.7 Å². The van der Waals surface area contributed by atoms with Crippen LogP contribution in [0.2, 0.25) is 0 Å². The highest BCUT2D eigenvalue weighted by molar-refractivity contribution is 5.46. The predicted molar refractivity (Wildman–Crippen MR) is 68.8 cm³/mol. The van der Waals surface area contributed by atoms with Crippen molar-refractivity contribution in [2.24, 2.45) is 0 Å². The molecule has 2 N–H and O–H groups in total. The molecule has 5 heteroatoms. The topological polar surface area (TPSA) is 71.9 Å². The fourth-order valence-corrected chi connectivity index (χ4v) is 1.60. The molecule has 1 heterocycles. The zero-order valence-corrected chi connectivity index (χ0v) is 10.4.